The van der Waals surface area contributed by atoms with E-state index in [0.717, 1.165) is 19.4 Å². The van der Waals surface area contributed by atoms with E-state index in [0.29, 0.717) is 12.0 Å². The molecule has 0 aromatic carbocycles. The Morgan fingerprint density at radius 1 is 1.60 bits per heavy atom. The van der Waals surface area contributed by atoms with Gasteiger partial charge in [0, 0.05) is 28.3 Å². The zero-order valence-electron chi connectivity index (χ0n) is 9.40. The minimum Gasteiger partial charge on any atom is -0.378 e. The average Bonchev–Trinajstić information content (AvgIpc) is 2.84. The SMILES string of the molecule is CCc1ccc(C(N)C2CCOC2C)s1. The molecular weight excluding hydrogens is 206 g/mol. The van der Waals surface area contributed by atoms with Gasteiger partial charge < -0.3 is 10.5 Å². The van der Waals surface area contributed by atoms with Gasteiger partial charge in [-0.25, -0.2) is 0 Å². The van der Waals surface area contributed by atoms with Gasteiger partial charge in [0.1, 0.15) is 0 Å². The zero-order chi connectivity index (χ0) is 10.8. The Morgan fingerprint density at radius 3 is 2.93 bits per heavy atom. The van der Waals surface area contributed by atoms with Crippen molar-refractivity contribution in [3.8, 4) is 0 Å². The summed E-state index contributed by atoms with van der Waals surface area (Å²) < 4.78 is 5.57. The van der Waals surface area contributed by atoms with Crippen LogP contribution < -0.4 is 5.73 Å². The third-order valence-electron chi connectivity index (χ3n) is 3.26. The molecule has 15 heavy (non-hydrogen) atoms. The van der Waals surface area contributed by atoms with Gasteiger partial charge in [-0.1, -0.05) is 6.92 Å². The molecule has 1 aromatic heterocycles. The Bertz CT molecular complexity index is 323. The summed E-state index contributed by atoms with van der Waals surface area (Å²) in [5, 5.41) is 0. The van der Waals surface area contributed by atoms with Crippen LogP contribution >= 0.6 is 11.3 Å². The van der Waals surface area contributed by atoms with E-state index in [1.807, 2.05) is 11.3 Å². The van der Waals surface area contributed by atoms with Gasteiger partial charge in [-0.2, -0.15) is 0 Å². The number of rotatable bonds is 3. The van der Waals surface area contributed by atoms with Crippen molar-refractivity contribution in [2.45, 2.75) is 38.8 Å². The molecule has 1 fully saturated rings. The molecule has 0 aliphatic carbocycles. The second-order valence-corrected chi connectivity index (χ2v) is 5.41. The maximum atomic E-state index is 6.29. The monoisotopic (exact) mass is 225 g/mol. The second-order valence-electron chi connectivity index (χ2n) is 4.21. The Balaban J connectivity index is 2.09. The summed E-state index contributed by atoms with van der Waals surface area (Å²) in [4.78, 5) is 2.74. The number of nitrogens with two attached hydrogens (primary N) is 1. The van der Waals surface area contributed by atoms with E-state index in [1.54, 1.807) is 0 Å². The number of hydrogen-bond acceptors (Lipinski definition) is 3. The molecule has 0 radical (unpaired) electrons. The first-order valence-electron chi connectivity index (χ1n) is 5.68. The van der Waals surface area contributed by atoms with Gasteiger partial charge in [0.2, 0.25) is 0 Å². The van der Waals surface area contributed by atoms with E-state index >= 15 is 0 Å². The fraction of sp³-hybridized carbons (Fsp3) is 0.667. The van der Waals surface area contributed by atoms with Crippen LogP contribution in [0.3, 0.4) is 0 Å². The first-order valence-corrected chi connectivity index (χ1v) is 6.49. The predicted octanol–water partition coefficient (Wildman–Crippen LogP) is 2.74. The number of aryl methyl sites for hydroxylation is 1. The van der Waals surface area contributed by atoms with Crippen LogP contribution in [0.5, 0.6) is 0 Å². The molecule has 0 amide bonds. The van der Waals surface area contributed by atoms with Gasteiger partial charge in [0.05, 0.1) is 6.10 Å². The van der Waals surface area contributed by atoms with Crippen LogP contribution in [0.15, 0.2) is 12.1 Å². The molecule has 1 aromatic rings. The van der Waals surface area contributed by atoms with E-state index in [4.69, 9.17) is 10.5 Å². The fourth-order valence-corrected chi connectivity index (χ4v) is 3.22. The molecular formula is C12H19NOS. The number of ether oxygens (including phenoxy) is 1. The minimum atomic E-state index is 0.160. The molecule has 3 unspecified atom stereocenters. The van der Waals surface area contributed by atoms with Crippen molar-refractivity contribution in [1.82, 2.24) is 0 Å². The Kier molecular flexibility index (Phi) is 3.44. The van der Waals surface area contributed by atoms with E-state index in [9.17, 15) is 0 Å². The molecule has 1 aliphatic rings. The van der Waals surface area contributed by atoms with Gasteiger partial charge in [0.25, 0.3) is 0 Å². The van der Waals surface area contributed by atoms with Crippen LogP contribution in [0.1, 0.15) is 36.1 Å². The van der Waals surface area contributed by atoms with Crippen molar-refractivity contribution in [1.29, 1.82) is 0 Å². The third kappa shape index (κ3) is 2.25. The van der Waals surface area contributed by atoms with Gasteiger partial charge in [-0.05, 0) is 31.9 Å². The van der Waals surface area contributed by atoms with Gasteiger partial charge in [0.15, 0.2) is 0 Å². The molecule has 0 saturated carbocycles. The highest BCUT2D eigenvalue weighted by Gasteiger charge is 2.31. The van der Waals surface area contributed by atoms with Crippen molar-refractivity contribution in [2.24, 2.45) is 11.7 Å². The van der Waals surface area contributed by atoms with Crippen LogP contribution in [-0.4, -0.2) is 12.7 Å². The average molecular weight is 225 g/mol. The van der Waals surface area contributed by atoms with Crippen LogP contribution in [-0.2, 0) is 11.2 Å². The van der Waals surface area contributed by atoms with Crippen LogP contribution in [0.2, 0.25) is 0 Å². The summed E-state index contributed by atoms with van der Waals surface area (Å²) >= 11 is 1.85. The molecule has 2 nitrogen and oxygen atoms in total. The van der Waals surface area contributed by atoms with Crippen molar-refractivity contribution in [2.75, 3.05) is 6.61 Å². The lowest BCUT2D eigenvalue weighted by molar-refractivity contribution is 0.0998. The second kappa shape index (κ2) is 4.64. The molecule has 2 heterocycles. The highest BCUT2D eigenvalue weighted by Crippen LogP contribution is 2.34. The molecule has 2 N–H and O–H groups in total. The Labute approximate surface area is 95.4 Å². The summed E-state index contributed by atoms with van der Waals surface area (Å²) in [5.41, 5.74) is 6.29. The molecule has 1 saturated heterocycles. The van der Waals surface area contributed by atoms with E-state index in [-0.39, 0.29) is 6.04 Å². The van der Waals surface area contributed by atoms with Crippen molar-refractivity contribution >= 4 is 11.3 Å². The molecule has 3 atom stereocenters. The normalized spacial score (nSPS) is 28.2. The van der Waals surface area contributed by atoms with Crippen LogP contribution in [0.25, 0.3) is 0 Å². The summed E-state index contributed by atoms with van der Waals surface area (Å²) in [6, 6.07) is 4.53. The van der Waals surface area contributed by atoms with E-state index in [2.05, 4.69) is 26.0 Å². The molecule has 3 heteroatoms. The molecule has 0 bridgehead atoms. The predicted molar refractivity (Wildman–Crippen MR) is 64.1 cm³/mol. The van der Waals surface area contributed by atoms with E-state index in [1.165, 1.54) is 9.75 Å². The smallest absolute Gasteiger partial charge is 0.0594 e. The first-order chi connectivity index (χ1) is 7.22. The van der Waals surface area contributed by atoms with Gasteiger partial charge in [-0.15, -0.1) is 11.3 Å². The first kappa shape index (κ1) is 11.1. The van der Waals surface area contributed by atoms with Crippen molar-refractivity contribution in [3.05, 3.63) is 21.9 Å². The summed E-state index contributed by atoms with van der Waals surface area (Å²) in [6.45, 7) is 5.18. The molecule has 1 aliphatic heterocycles. The Hall–Kier alpha value is -0.380. The third-order valence-corrected chi connectivity index (χ3v) is 4.59. The summed E-state index contributed by atoms with van der Waals surface area (Å²) in [7, 11) is 0. The largest absolute Gasteiger partial charge is 0.378 e. The highest BCUT2D eigenvalue weighted by atomic mass is 32.1. The van der Waals surface area contributed by atoms with Gasteiger partial charge >= 0.3 is 0 Å². The lowest BCUT2D eigenvalue weighted by Gasteiger charge is -2.20. The topological polar surface area (TPSA) is 35.2 Å². The minimum absolute atomic E-state index is 0.160. The molecule has 0 spiro atoms. The standard InChI is InChI=1S/C12H19NOS/c1-3-9-4-5-11(15-9)12(13)10-6-7-14-8(10)2/h4-5,8,10,12H,3,6-7,13H2,1-2H3. The molecule has 84 valence electrons. The van der Waals surface area contributed by atoms with Crippen LogP contribution in [0, 0.1) is 5.92 Å². The summed E-state index contributed by atoms with van der Waals surface area (Å²) in [6.07, 6.45) is 2.52. The Morgan fingerprint density at radius 2 is 2.40 bits per heavy atom. The zero-order valence-corrected chi connectivity index (χ0v) is 10.2. The lowest BCUT2D eigenvalue weighted by Crippen LogP contribution is -2.25. The number of hydrogen-bond donors (Lipinski definition) is 1. The maximum Gasteiger partial charge on any atom is 0.0594 e. The summed E-state index contributed by atoms with van der Waals surface area (Å²) in [5.74, 6) is 0.494. The number of thiophene rings is 1. The maximum absolute atomic E-state index is 6.29. The molecule has 2 rings (SSSR count). The van der Waals surface area contributed by atoms with Crippen molar-refractivity contribution in [3.63, 3.8) is 0 Å². The lowest BCUT2D eigenvalue weighted by atomic mass is 9.93. The highest BCUT2D eigenvalue weighted by molar-refractivity contribution is 7.12. The fourth-order valence-electron chi connectivity index (χ4n) is 2.19. The van der Waals surface area contributed by atoms with Gasteiger partial charge in [-0.3, -0.25) is 0 Å². The van der Waals surface area contributed by atoms with Crippen LogP contribution in [0.4, 0.5) is 0 Å². The quantitative estimate of drug-likeness (QED) is 0.858. The van der Waals surface area contributed by atoms with E-state index < -0.39 is 0 Å². The van der Waals surface area contributed by atoms with Crippen molar-refractivity contribution < 1.29 is 4.74 Å².